The lowest BCUT2D eigenvalue weighted by Crippen LogP contribution is -2.04. The average molecular weight is 371 g/mol. The molecule has 2 aromatic carbocycles. The van der Waals surface area contributed by atoms with Crippen molar-refractivity contribution in [1.82, 2.24) is 9.55 Å². The van der Waals surface area contributed by atoms with E-state index in [-0.39, 0.29) is 5.97 Å². The molecule has 0 bridgehead atoms. The zero-order valence-electron chi connectivity index (χ0n) is 12.6. The lowest BCUT2D eigenvalue weighted by atomic mass is 10.1. The van der Waals surface area contributed by atoms with Crippen LogP contribution in [0, 0.1) is 0 Å². The maximum Gasteiger partial charge on any atom is 0.337 e. The minimum absolute atomic E-state index is 0.326. The number of esters is 1. The van der Waals surface area contributed by atoms with Crippen LogP contribution in [0.1, 0.15) is 15.9 Å². The lowest BCUT2D eigenvalue weighted by molar-refractivity contribution is 0.0600. The molecule has 0 saturated heterocycles. The highest BCUT2D eigenvalue weighted by atomic mass is 79.9. The van der Waals surface area contributed by atoms with Crippen molar-refractivity contribution >= 4 is 21.9 Å². The Balaban J connectivity index is 1.86. The Hall–Kier alpha value is -2.40. The molecule has 1 heterocycles. The Morgan fingerprint density at radius 1 is 1.17 bits per heavy atom. The minimum Gasteiger partial charge on any atom is -0.465 e. The highest BCUT2D eigenvalue weighted by Gasteiger charge is 2.10. The number of benzene rings is 2. The number of nitrogens with zero attached hydrogens (tertiary/aromatic N) is 2. The predicted molar refractivity (Wildman–Crippen MR) is 92.2 cm³/mol. The van der Waals surface area contributed by atoms with E-state index < -0.39 is 0 Å². The first-order valence-electron chi connectivity index (χ1n) is 7.12. The van der Waals surface area contributed by atoms with Crippen LogP contribution in [0.15, 0.2) is 65.4 Å². The second-order valence-corrected chi connectivity index (χ2v) is 5.90. The molecule has 0 saturated carbocycles. The third-order valence-corrected chi connectivity index (χ3v) is 4.25. The number of carbonyl (C=O) groups excluding carboxylic acids is 1. The van der Waals surface area contributed by atoms with E-state index in [0.717, 1.165) is 21.4 Å². The lowest BCUT2D eigenvalue weighted by Gasteiger charge is -2.10. The summed E-state index contributed by atoms with van der Waals surface area (Å²) >= 11 is 3.57. The molecule has 116 valence electrons. The van der Waals surface area contributed by atoms with Gasteiger partial charge in [-0.2, -0.15) is 0 Å². The third kappa shape index (κ3) is 3.35. The van der Waals surface area contributed by atoms with Gasteiger partial charge in [0, 0.05) is 29.0 Å². The van der Waals surface area contributed by atoms with E-state index in [1.807, 2.05) is 42.6 Å². The van der Waals surface area contributed by atoms with Crippen molar-refractivity contribution in [2.45, 2.75) is 6.54 Å². The second-order valence-electron chi connectivity index (χ2n) is 5.05. The zero-order valence-corrected chi connectivity index (χ0v) is 14.2. The number of carbonyl (C=O) groups is 1. The van der Waals surface area contributed by atoms with E-state index in [0.29, 0.717) is 12.1 Å². The minimum atomic E-state index is -0.326. The summed E-state index contributed by atoms with van der Waals surface area (Å²) in [6.45, 7) is 0.679. The molecule has 3 aromatic rings. The Bertz CT molecular complexity index is 825. The number of aromatic nitrogens is 2. The van der Waals surface area contributed by atoms with Crippen LogP contribution in [0.2, 0.25) is 0 Å². The molecule has 0 aliphatic carbocycles. The van der Waals surface area contributed by atoms with Gasteiger partial charge in [-0.05, 0) is 23.8 Å². The maximum atomic E-state index is 11.5. The van der Waals surface area contributed by atoms with Gasteiger partial charge < -0.3 is 9.30 Å². The number of ether oxygens (including phenoxy) is 1. The van der Waals surface area contributed by atoms with Crippen molar-refractivity contribution in [2.75, 3.05) is 7.11 Å². The molecule has 0 radical (unpaired) electrons. The summed E-state index contributed by atoms with van der Waals surface area (Å²) in [4.78, 5) is 15.9. The highest BCUT2D eigenvalue weighted by Crippen LogP contribution is 2.27. The van der Waals surface area contributed by atoms with E-state index >= 15 is 0 Å². The molecule has 0 amide bonds. The molecule has 0 aliphatic rings. The summed E-state index contributed by atoms with van der Waals surface area (Å²) < 4.78 is 7.80. The fraction of sp³-hybridized carbons (Fsp3) is 0.111. The molecule has 3 rings (SSSR count). The monoisotopic (exact) mass is 370 g/mol. The van der Waals surface area contributed by atoms with Crippen LogP contribution in [0.5, 0.6) is 0 Å². The van der Waals surface area contributed by atoms with Crippen LogP contribution in [0.25, 0.3) is 11.4 Å². The van der Waals surface area contributed by atoms with Gasteiger partial charge in [-0.25, -0.2) is 9.78 Å². The molecule has 4 nitrogen and oxygen atoms in total. The number of rotatable bonds is 4. The van der Waals surface area contributed by atoms with Gasteiger partial charge in [0.1, 0.15) is 5.82 Å². The molecule has 1 aromatic heterocycles. The molecule has 0 unspecified atom stereocenters. The van der Waals surface area contributed by atoms with Crippen molar-refractivity contribution in [3.63, 3.8) is 0 Å². The Labute approximate surface area is 142 Å². The van der Waals surface area contributed by atoms with E-state index in [2.05, 4.69) is 25.5 Å². The number of hydrogen-bond donors (Lipinski definition) is 0. The van der Waals surface area contributed by atoms with Crippen LogP contribution < -0.4 is 0 Å². The first-order chi connectivity index (χ1) is 11.2. The van der Waals surface area contributed by atoms with Crippen molar-refractivity contribution in [1.29, 1.82) is 0 Å². The molecule has 0 spiro atoms. The van der Waals surface area contributed by atoms with Gasteiger partial charge in [-0.15, -0.1) is 0 Å². The fourth-order valence-corrected chi connectivity index (χ4v) is 2.85. The van der Waals surface area contributed by atoms with E-state index in [1.165, 1.54) is 7.11 Å². The van der Waals surface area contributed by atoms with Gasteiger partial charge >= 0.3 is 5.97 Å². The molecule has 5 heteroatoms. The molecule has 0 fully saturated rings. The molecule has 0 N–H and O–H groups in total. The summed E-state index contributed by atoms with van der Waals surface area (Å²) in [6, 6.07) is 15.4. The third-order valence-electron chi connectivity index (χ3n) is 3.56. The van der Waals surface area contributed by atoms with Gasteiger partial charge in [0.15, 0.2) is 0 Å². The van der Waals surface area contributed by atoms with E-state index in [9.17, 15) is 4.79 Å². The maximum absolute atomic E-state index is 11.5. The first kappa shape index (κ1) is 15.5. The summed E-state index contributed by atoms with van der Waals surface area (Å²) in [5.41, 5.74) is 2.68. The van der Waals surface area contributed by atoms with Crippen molar-refractivity contribution in [2.24, 2.45) is 0 Å². The quantitative estimate of drug-likeness (QED) is 0.648. The zero-order chi connectivity index (χ0) is 16.2. The predicted octanol–water partition coefficient (Wildman–Crippen LogP) is 4.15. The molecule has 23 heavy (non-hydrogen) atoms. The molecular weight excluding hydrogens is 356 g/mol. The normalized spacial score (nSPS) is 10.5. The van der Waals surface area contributed by atoms with Gasteiger partial charge in [-0.3, -0.25) is 0 Å². The van der Waals surface area contributed by atoms with E-state index in [4.69, 9.17) is 4.74 Å². The Kier molecular flexibility index (Phi) is 4.57. The topological polar surface area (TPSA) is 44.1 Å². The van der Waals surface area contributed by atoms with Crippen LogP contribution >= 0.6 is 15.9 Å². The van der Waals surface area contributed by atoms with Gasteiger partial charge in [-0.1, -0.05) is 46.3 Å². The fourth-order valence-electron chi connectivity index (χ4n) is 2.38. The largest absolute Gasteiger partial charge is 0.465 e. The molecular formula is C18H15BrN2O2. The number of imidazole rings is 1. The molecule has 0 atom stereocenters. The smallest absolute Gasteiger partial charge is 0.337 e. The van der Waals surface area contributed by atoms with Crippen LogP contribution in [0.3, 0.4) is 0 Å². The summed E-state index contributed by atoms with van der Waals surface area (Å²) in [5.74, 6) is 0.572. The Morgan fingerprint density at radius 2 is 1.91 bits per heavy atom. The SMILES string of the molecule is COC(=O)c1ccc(Cn2ccnc2-c2ccccc2Br)cc1. The highest BCUT2D eigenvalue weighted by molar-refractivity contribution is 9.10. The van der Waals surface area contributed by atoms with Crippen molar-refractivity contribution in [3.8, 4) is 11.4 Å². The van der Waals surface area contributed by atoms with Crippen LogP contribution in [-0.2, 0) is 11.3 Å². The van der Waals surface area contributed by atoms with Crippen LogP contribution in [-0.4, -0.2) is 22.6 Å². The van der Waals surface area contributed by atoms with Crippen LogP contribution in [0.4, 0.5) is 0 Å². The average Bonchev–Trinajstić information content (AvgIpc) is 3.03. The van der Waals surface area contributed by atoms with Crippen molar-refractivity contribution < 1.29 is 9.53 Å². The van der Waals surface area contributed by atoms with E-state index in [1.54, 1.807) is 18.3 Å². The summed E-state index contributed by atoms with van der Waals surface area (Å²) in [7, 11) is 1.38. The summed E-state index contributed by atoms with van der Waals surface area (Å²) in [6.07, 6.45) is 3.74. The number of hydrogen-bond acceptors (Lipinski definition) is 3. The van der Waals surface area contributed by atoms with Gasteiger partial charge in [0.05, 0.1) is 12.7 Å². The number of methoxy groups -OCH3 is 1. The standard InChI is InChI=1S/C18H15BrN2O2/c1-23-18(22)14-8-6-13(7-9-14)12-21-11-10-20-17(21)15-4-2-3-5-16(15)19/h2-11H,12H2,1H3. The van der Waals surface area contributed by atoms with Crippen molar-refractivity contribution in [3.05, 3.63) is 76.5 Å². The first-order valence-corrected chi connectivity index (χ1v) is 7.91. The summed E-state index contributed by atoms with van der Waals surface area (Å²) in [5, 5.41) is 0. The molecule has 0 aliphatic heterocycles. The number of halogens is 1. The van der Waals surface area contributed by atoms with Gasteiger partial charge in [0.2, 0.25) is 0 Å². The Morgan fingerprint density at radius 3 is 2.61 bits per heavy atom. The van der Waals surface area contributed by atoms with Gasteiger partial charge in [0.25, 0.3) is 0 Å². The second kappa shape index (κ2) is 6.79.